The van der Waals surface area contributed by atoms with Gasteiger partial charge in [0, 0.05) is 32.7 Å². The first kappa shape index (κ1) is 12.2. The summed E-state index contributed by atoms with van der Waals surface area (Å²) in [5.74, 6) is -0.950. The van der Waals surface area contributed by atoms with Crippen LogP contribution in [0, 0.1) is 13.8 Å². The molecular weight excluding hydrogens is 195 g/mol. The van der Waals surface area contributed by atoms with Crippen LogP contribution in [-0.4, -0.2) is 23.7 Å². The van der Waals surface area contributed by atoms with E-state index in [0.29, 0.717) is 6.54 Å². The minimum Gasteiger partial charge on any atom is -0.482 e. The minimum absolute atomic E-state index is 0. The zero-order chi connectivity index (χ0) is 6.57. The topological polar surface area (TPSA) is 49.3 Å². The number of aliphatic carboxylic acids is 1. The summed E-state index contributed by atoms with van der Waals surface area (Å²) in [5, 5.41) is 10.7. The van der Waals surface area contributed by atoms with Gasteiger partial charge in [0.05, 0.1) is 0 Å². The van der Waals surface area contributed by atoms with Crippen LogP contribution in [0.15, 0.2) is 0 Å². The van der Waals surface area contributed by atoms with E-state index in [-0.39, 0.29) is 32.7 Å². The first-order valence-corrected chi connectivity index (χ1v) is 2.27. The monoisotopic (exact) mass is 204 g/mol. The fraction of sp³-hybridized carbons (Fsp3) is 0.400. The van der Waals surface area contributed by atoms with E-state index in [0.717, 1.165) is 0 Å². The van der Waals surface area contributed by atoms with Crippen LogP contribution in [0.25, 0.3) is 0 Å². The Kier molecular flexibility index (Phi) is 9.04. The molecule has 0 aromatic carbocycles. The number of hydrogen-bond donors (Lipinski definition) is 2. The molecule has 0 aliphatic carbocycles. The van der Waals surface area contributed by atoms with Gasteiger partial charge in [-0.15, -0.1) is 6.54 Å². The molecule has 0 saturated carbocycles. The molecule has 1 radical (unpaired) electrons. The predicted octanol–water partition coefficient (Wildman–Crippen LogP) is -0.305. The third-order valence-corrected chi connectivity index (χ3v) is 0.689. The molecule has 0 aliphatic rings. The molecule has 0 aromatic heterocycles. The number of carboxylic acids is 1. The number of carbonyl (C=O) groups is 1. The average molecular weight is 204 g/mol. The Bertz CT molecular complexity index is 87.0. The van der Waals surface area contributed by atoms with Gasteiger partial charge in [-0.05, 0) is 6.04 Å². The second kappa shape index (κ2) is 6.65. The van der Waals surface area contributed by atoms with Gasteiger partial charge < -0.3 is 24.3 Å². The van der Waals surface area contributed by atoms with Crippen LogP contribution in [0.1, 0.15) is 0 Å². The maximum absolute atomic E-state index is 9.94. The fourth-order valence-electron chi connectivity index (χ4n) is 0.262. The van der Waals surface area contributed by atoms with Crippen molar-refractivity contribution in [2.75, 3.05) is 6.54 Å². The van der Waals surface area contributed by atoms with Crippen LogP contribution in [0.4, 0.5) is 0 Å². The average Bonchev–Trinajstić information content (AvgIpc) is 1.67. The molecule has 0 bridgehead atoms. The molecule has 0 aliphatic heterocycles. The van der Waals surface area contributed by atoms with Crippen molar-refractivity contribution < 1.29 is 42.6 Å². The molecule has 3 nitrogen and oxygen atoms in total. The summed E-state index contributed by atoms with van der Waals surface area (Å²) < 4.78 is 0. The van der Waals surface area contributed by atoms with E-state index in [2.05, 4.69) is 19.2 Å². The third-order valence-electron chi connectivity index (χ3n) is 0.689. The maximum Gasteiger partial charge on any atom is 0.289 e. The summed E-state index contributed by atoms with van der Waals surface area (Å²) >= 11 is 0. The Hall–Kier alpha value is 0.534. The molecule has 0 aromatic rings. The number of nitrogens with one attached hydrogen (secondary N) is 1. The molecule has 0 amide bonds. The van der Waals surface area contributed by atoms with E-state index in [1.165, 1.54) is 0 Å². The first-order chi connectivity index (χ1) is 3.68. The van der Waals surface area contributed by atoms with Gasteiger partial charge in [0.1, 0.15) is 0 Å². The Morgan fingerprint density at radius 2 is 2.22 bits per heavy atom. The molecule has 51 valence electrons. The molecule has 1 atom stereocenters. The summed E-state index contributed by atoms with van der Waals surface area (Å²) in [4.78, 5) is 9.94. The fourth-order valence-corrected chi connectivity index (χ4v) is 0.262. The molecule has 0 fully saturated rings. The maximum atomic E-state index is 9.94. The zero-order valence-corrected chi connectivity index (χ0v) is 7.97. The van der Waals surface area contributed by atoms with E-state index in [4.69, 9.17) is 5.11 Å². The van der Waals surface area contributed by atoms with Crippen molar-refractivity contribution in [2.24, 2.45) is 0 Å². The Morgan fingerprint density at radius 1 is 1.78 bits per heavy atom. The van der Waals surface area contributed by atoms with E-state index in [9.17, 15) is 4.79 Å². The number of carboxylic acid groups (broad SMARTS) is 1. The summed E-state index contributed by atoms with van der Waals surface area (Å²) in [7, 11) is 0. The van der Waals surface area contributed by atoms with E-state index < -0.39 is 12.0 Å². The van der Waals surface area contributed by atoms with E-state index in [1.807, 2.05) is 0 Å². The Balaban J connectivity index is 0. The molecule has 0 rings (SSSR count). The van der Waals surface area contributed by atoms with Gasteiger partial charge in [0.2, 0.25) is 0 Å². The smallest absolute Gasteiger partial charge is 0.289 e. The first-order valence-electron chi connectivity index (χ1n) is 2.27. The van der Waals surface area contributed by atoms with Gasteiger partial charge in [-0.1, -0.05) is 0 Å². The van der Waals surface area contributed by atoms with Crippen LogP contribution < -0.4 is 5.32 Å². The summed E-state index contributed by atoms with van der Waals surface area (Å²) in [5.41, 5.74) is 0. The molecule has 2 N–H and O–H groups in total. The third kappa shape index (κ3) is 6.42. The van der Waals surface area contributed by atoms with Gasteiger partial charge in [-0.2, -0.15) is 0 Å². The van der Waals surface area contributed by atoms with Gasteiger partial charge in [-0.25, -0.2) is 0 Å². The Labute approximate surface area is 80.1 Å². The zero-order valence-electron chi connectivity index (χ0n) is 5.13. The van der Waals surface area contributed by atoms with E-state index in [1.54, 1.807) is 0 Å². The molecule has 0 unspecified atom stereocenters. The van der Waals surface area contributed by atoms with E-state index >= 15 is 0 Å². The second-order valence-electron chi connectivity index (χ2n) is 1.34. The van der Waals surface area contributed by atoms with Crippen molar-refractivity contribution in [1.82, 2.24) is 5.32 Å². The predicted molar refractivity (Wildman–Crippen MR) is 30.1 cm³/mol. The number of rotatable bonds is 3. The normalized spacial score (nSPS) is 11.8. The standard InChI is InChI=1S/C5H9NO2.Y/c1-3-6-4(2)5(7)8;/h4,6H,1-3H2,(H,7,8);/q-2;/t4-;/m0./s1. The van der Waals surface area contributed by atoms with Crippen molar-refractivity contribution in [2.45, 2.75) is 6.04 Å². The van der Waals surface area contributed by atoms with Gasteiger partial charge in [0.25, 0.3) is 5.97 Å². The summed E-state index contributed by atoms with van der Waals surface area (Å²) in [6.07, 6.45) is 0. The molecule has 0 spiro atoms. The van der Waals surface area contributed by atoms with Crippen LogP contribution in [0.3, 0.4) is 0 Å². The quantitative estimate of drug-likeness (QED) is 0.620. The molecule has 0 saturated heterocycles. The van der Waals surface area contributed by atoms with Crippen molar-refractivity contribution in [1.29, 1.82) is 0 Å². The molecule has 0 heterocycles. The van der Waals surface area contributed by atoms with Gasteiger partial charge in [-0.3, -0.25) is 4.79 Å². The van der Waals surface area contributed by atoms with Crippen LogP contribution in [0.5, 0.6) is 0 Å². The van der Waals surface area contributed by atoms with Crippen LogP contribution in [0.2, 0.25) is 0 Å². The van der Waals surface area contributed by atoms with Crippen LogP contribution >= 0.6 is 0 Å². The SMILES string of the molecule is [CH2-]CN[C@@H]([CH2-])C(=O)O.[Y]. The number of hydrogen-bond acceptors (Lipinski definition) is 2. The molecule has 4 heteroatoms. The second-order valence-corrected chi connectivity index (χ2v) is 1.34. The van der Waals surface area contributed by atoms with Crippen molar-refractivity contribution >= 4 is 5.97 Å². The molecular formula is C5H9NO2Y-2. The van der Waals surface area contributed by atoms with Crippen molar-refractivity contribution in [3.63, 3.8) is 0 Å². The summed E-state index contributed by atoms with van der Waals surface area (Å²) in [6, 6.07) is -0.729. The van der Waals surface area contributed by atoms with Crippen molar-refractivity contribution in [3.05, 3.63) is 13.8 Å². The van der Waals surface area contributed by atoms with Crippen LogP contribution in [-0.2, 0) is 37.5 Å². The van der Waals surface area contributed by atoms with Crippen molar-refractivity contribution in [3.8, 4) is 0 Å². The largest absolute Gasteiger partial charge is 0.482 e. The molecule has 9 heavy (non-hydrogen) atoms. The van der Waals surface area contributed by atoms with Gasteiger partial charge >= 0.3 is 0 Å². The van der Waals surface area contributed by atoms with Gasteiger partial charge in [0.15, 0.2) is 0 Å². The Morgan fingerprint density at radius 3 is 2.33 bits per heavy atom. The minimum atomic E-state index is -0.950. The summed E-state index contributed by atoms with van der Waals surface area (Å²) in [6.45, 7) is 7.06.